The highest BCUT2D eigenvalue weighted by Crippen LogP contribution is 2.76. The Labute approximate surface area is 269 Å². The number of carboxylic acid groups (broad SMARTS) is 1. The van der Waals surface area contributed by atoms with E-state index in [1.54, 1.807) is 6.08 Å². The van der Waals surface area contributed by atoms with Gasteiger partial charge in [0.05, 0.1) is 5.60 Å². The quantitative estimate of drug-likeness (QED) is 0.276. The number of Topliss-reactive ketones (excluding diaryl/α,β-unsaturated/α-hetero) is 2. The van der Waals surface area contributed by atoms with E-state index in [-0.39, 0.29) is 63.8 Å². The number of aliphatic carboxylic acids is 1. The summed E-state index contributed by atoms with van der Waals surface area (Å²) in [5, 5.41) is 21.9. The van der Waals surface area contributed by atoms with E-state index in [2.05, 4.69) is 26.8 Å². The minimum absolute atomic E-state index is 0.0455. The number of aromatic hydroxyl groups is 1. The molecule has 3 heterocycles. The molecule has 1 aromatic rings. The van der Waals surface area contributed by atoms with Crippen molar-refractivity contribution >= 4 is 17.5 Å². The van der Waals surface area contributed by atoms with Crippen LogP contribution in [0.15, 0.2) is 34.9 Å². The molecule has 8 bridgehead atoms. The van der Waals surface area contributed by atoms with Gasteiger partial charge in [-0.1, -0.05) is 37.6 Å². The minimum atomic E-state index is -1.60. The van der Waals surface area contributed by atoms with Crippen LogP contribution in [0, 0.1) is 29.1 Å². The van der Waals surface area contributed by atoms with Crippen LogP contribution >= 0.6 is 0 Å². The van der Waals surface area contributed by atoms with Crippen LogP contribution in [-0.2, 0) is 20.7 Å². The molecule has 5 fully saturated rings. The molecule has 0 aromatic heterocycles. The SMILES string of the molecule is CC(C)=CCc1c2c(c(O)c3c1O[C@]1(C)CCC4[C@H]3C1C4(C)C)C(=O)C1=C[C@@H]3CC4C(C)(C)OC(C/C=C(\C)C(=O)O)(C3=O)C14O2. The third kappa shape index (κ3) is 3.22. The van der Waals surface area contributed by atoms with E-state index in [1.807, 2.05) is 27.7 Å². The summed E-state index contributed by atoms with van der Waals surface area (Å²) >= 11 is 0. The lowest BCUT2D eigenvalue weighted by Crippen LogP contribution is -2.72. The third-order valence-corrected chi connectivity index (χ3v) is 13.2. The Hall–Kier alpha value is -3.39. The zero-order chi connectivity index (χ0) is 33.1. The number of rotatable bonds is 5. The highest BCUT2D eigenvalue weighted by molar-refractivity contribution is 6.18. The molecule has 1 aromatic carbocycles. The van der Waals surface area contributed by atoms with Crippen LogP contribution in [0.1, 0.15) is 108 Å². The molecule has 3 aliphatic heterocycles. The minimum Gasteiger partial charge on any atom is -0.507 e. The van der Waals surface area contributed by atoms with Gasteiger partial charge in [0, 0.05) is 52.4 Å². The van der Waals surface area contributed by atoms with E-state index >= 15 is 0 Å². The first kappa shape index (κ1) is 30.0. The summed E-state index contributed by atoms with van der Waals surface area (Å²) in [4.78, 5) is 41.2. The Bertz CT molecular complexity index is 1770. The molecule has 8 atom stereocenters. The second-order valence-corrected chi connectivity index (χ2v) is 16.6. The predicted octanol–water partition coefficient (Wildman–Crippen LogP) is 6.63. The van der Waals surface area contributed by atoms with Crippen LogP contribution in [0.5, 0.6) is 17.2 Å². The standard InChI is InChI=1S/C38H44O8/c1-17(2)9-10-20-29-25(24-21-12-13-36(8,44-29)31(24)34(21,4)5)28(40)26-27(39)22-15-19-16-23-35(6,7)46-37(32(19)41,14-11-18(3)33(42)43)38(22,23)45-30(20)26/h9,11,15,19,21,23-24,31,40H,10,12-14,16H2,1-8H3,(H,42,43)/b18-11+/t19-,21?,23?,24-,31?,36-,37?,38?/m1/s1. The summed E-state index contributed by atoms with van der Waals surface area (Å²) in [6.45, 7) is 16.1. The Kier molecular flexibility index (Phi) is 5.70. The summed E-state index contributed by atoms with van der Waals surface area (Å²) in [7, 11) is 0. The smallest absolute Gasteiger partial charge is 0.330 e. The largest absolute Gasteiger partial charge is 0.507 e. The van der Waals surface area contributed by atoms with Gasteiger partial charge >= 0.3 is 5.97 Å². The first-order valence-corrected chi connectivity index (χ1v) is 16.8. The number of carbonyl (C=O) groups is 3. The molecule has 1 spiro atoms. The van der Waals surface area contributed by atoms with Crippen molar-refractivity contribution in [3.63, 3.8) is 0 Å². The fraction of sp³-hybridized carbons (Fsp3) is 0.605. The van der Waals surface area contributed by atoms with Crippen molar-refractivity contribution in [2.24, 2.45) is 29.1 Å². The van der Waals surface area contributed by atoms with Gasteiger partial charge in [-0.05, 0) is 78.6 Å². The molecular weight excluding hydrogens is 584 g/mol. The van der Waals surface area contributed by atoms with Crippen LogP contribution in [0.25, 0.3) is 0 Å². The Balaban J connectivity index is 1.40. The van der Waals surface area contributed by atoms with Crippen molar-refractivity contribution in [1.29, 1.82) is 0 Å². The topological polar surface area (TPSA) is 119 Å². The number of ether oxygens (including phenoxy) is 3. The number of phenolic OH excluding ortho intramolecular Hbond substituents is 1. The van der Waals surface area contributed by atoms with Crippen molar-refractivity contribution in [3.8, 4) is 17.2 Å². The van der Waals surface area contributed by atoms with Crippen LogP contribution in [0.3, 0.4) is 0 Å². The summed E-state index contributed by atoms with van der Waals surface area (Å²) < 4.78 is 21.0. The molecule has 4 saturated carbocycles. The summed E-state index contributed by atoms with van der Waals surface area (Å²) in [5.41, 5.74) is -1.22. The average Bonchev–Trinajstić information content (AvgIpc) is 3.11. The molecule has 2 N–H and O–H groups in total. The van der Waals surface area contributed by atoms with Gasteiger partial charge in [-0.2, -0.15) is 0 Å². The summed E-state index contributed by atoms with van der Waals surface area (Å²) in [6.07, 6.45) is 8.08. The van der Waals surface area contributed by atoms with Gasteiger partial charge in [-0.3, -0.25) is 9.59 Å². The molecule has 10 rings (SSSR count). The van der Waals surface area contributed by atoms with Crippen LogP contribution < -0.4 is 9.47 Å². The lowest BCUT2D eigenvalue weighted by Gasteiger charge is -2.70. The number of phenols is 1. The number of carboxylic acids is 1. The molecule has 0 radical (unpaired) electrons. The molecule has 8 nitrogen and oxygen atoms in total. The molecule has 5 unspecified atom stereocenters. The number of hydrogen-bond donors (Lipinski definition) is 2. The molecule has 6 aliphatic carbocycles. The molecule has 244 valence electrons. The van der Waals surface area contributed by atoms with E-state index in [0.717, 1.165) is 24.0 Å². The van der Waals surface area contributed by atoms with E-state index < -0.39 is 34.3 Å². The summed E-state index contributed by atoms with van der Waals surface area (Å²) in [6, 6.07) is 0. The molecule has 1 saturated heterocycles. The second-order valence-electron chi connectivity index (χ2n) is 16.6. The maximum atomic E-state index is 15.0. The first-order chi connectivity index (χ1) is 21.4. The van der Waals surface area contributed by atoms with Gasteiger partial charge in [-0.25, -0.2) is 4.79 Å². The fourth-order valence-electron chi connectivity index (χ4n) is 11.3. The van der Waals surface area contributed by atoms with E-state index in [4.69, 9.17) is 14.2 Å². The molecule has 0 amide bonds. The molecule has 8 heteroatoms. The number of carbonyl (C=O) groups excluding carboxylic acids is 2. The Morgan fingerprint density at radius 2 is 1.76 bits per heavy atom. The van der Waals surface area contributed by atoms with Gasteiger partial charge in [0.25, 0.3) is 0 Å². The molecule has 9 aliphatic rings. The summed E-state index contributed by atoms with van der Waals surface area (Å²) in [5.74, 6) is -1.12. The van der Waals surface area contributed by atoms with Crippen LogP contribution in [0.2, 0.25) is 0 Å². The zero-order valence-corrected chi connectivity index (χ0v) is 28.0. The van der Waals surface area contributed by atoms with Gasteiger partial charge in [0.2, 0.25) is 0 Å². The number of ketones is 2. The molecule has 46 heavy (non-hydrogen) atoms. The highest BCUT2D eigenvalue weighted by atomic mass is 16.6. The second kappa shape index (κ2) is 8.74. The number of hydrogen-bond acceptors (Lipinski definition) is 7. The van der Waals surface area contributed by atoms with Crippen molar-refractivity contribution in [2.75, 3.05) is 0 Å². The number of fused-ring (bicyclic) bond motifs is 3. The van der Waals surface area contributed by atoms with Crippen LogP contribution in [0.4, 0.5) is 0 Å². The highest BCUT2D eigenvalue weighted by Gasteiger charge is 2.81. The van der Waals surface area contributed by atoms with Crippen molar-refractivity contribution in [3.05, 3.63) is 51.6 Å². The number of benzene rings is 1. The van der Waals surface area contributed by atoms with Crippen molar-refractivity contribution < 1.29 is 38.8 Å². The Morgan fingerprint density at radius 3 is 2.41 bits per heavy atom. The monoisotopic (exact) mass is 628 g/mol. The van der Waals surface area contributed by atoms with Crippen LogP contribution in [-0.4, -0.2) is 50.2 Å². The van der Waals surface area contributed by atoms with E-state index in [1.165, 1.54) is 13.0 Å². The fourth-order valence-corrected chi connectivity index (χ4v) is 11.3. The lowest BCUT2D eigenvalue weighted by atomic mass is 9.37. The first-order valence-electron chi connectivity index (χ1n) is 16.8. The predicted molar refractivity (Wildman–Crippen MR) is 169 cm³/mol. The Morgan fingerprint density at radius 1 is 1.04 bits per heavy atom. The van der Waals surface area contributed by atoms with Gasteiger partial charge in [0.15, 0.2) is 22.8 Å². The lowest BCUT2D eigenvalue weighted by molar-refractivity contribution is -0.214. The maximum Gasteiger partial charge on any atom is 0.330 e. The molecular formula is C38H44O8. The third-order valence-electron chi connectivity index (χ3n) is 13.2. The maximum absolute atomic E-state index is 15.0. The van der Waals surface area contributed by atoms with Gasteiger partial charge in [0.1, 0.15) is 28.4 Å². The van der Waals surface area contributed by atoms with Crippen molar-refractivity contribution in [1.82, 2.24) is 0 Å². The number of allylic oxidation sites excluding steroid dienone is 3. The van der Waals surface area contributed by atoms with Crippen molar-refractivity contribution in [2.45, 2.75) is 116 Å². The average molecular weight is 629 g/mol. The van der Waals surface area contributed by atoms with E-state index in [9.17, 15) is 24.6 Å². The zero-order valence-electron chi connectivity index (χ0n) is 28.0. The van der Waals surface area contributed by atoms with E-state index in [0.29, 0.717) is 35.6 Å². The van der Waals surface area contributed by atoms with Gasteiger partial charge < -0.3 is 24.4 Å². The normalized spacial score (nSPS) is 39.6. The van der Waals surface area contributed by atoms with Gasteiger partial charge in [-0.15, -0.1) is 0 Å².